The topological polar surface area (TPSA) is 38.3 Å². The van der Waals surface area contributed by atoms with Gasteiger partial charge in [-0.3, -0.25) is 4.79 Å². The van der Waals surface area contributed by atoms with Crippen LogP contribution in [0.3, 0.4) is 0 Å². The van der Waals surface area contributed by atoms with E-state index < -0.39 is 0 Å². The molecule has 0 saturated carbocycles. The molecule has 2 aromatic carbocycles. The molecule has 24 heavy (non-hydrogen) atoms. The van der Waals surface area contributed by atoms with Crippen molar-refractivity contribution >= 4 is 27.3 Å². The van der Waals surface area contributed by atoms with Gasteiger partial charge in [0.25, 0.3) is 5.91 Å². The van der Waals surface area contributed by atoms with Crippen LogP contribution in [0, 0.1) is 11.6 Å². The van der Waals surface area contributed by atoms with Crippen molar-refractivity contribution in [3.05, 3.63) is 70.1 Å². The van der Waals surface area contributed by atoms with Gasteiger partial charge in [-0.1, -0.05) is 24.3 Å². The van der Waals surface area contributed by atoms with Gasteiger partial charge in [0.15, 0.2) is 0 Å². The molecule has 3 nitrogen and oxygen atoms in total. The Bertz CT molecular complexity index is 892. The van der Waals surface area contributed by atoms with Crippen molar-refractivity contribution < 1.29 is 18.3 Å². The van der Waals surface area contributed by atoms with E-state index in [1.165, 1.54) is 30.6 Å². The maximum Gasteiger partial charge on any atom is 0.262 e. The van der Waals surface area contributed by atoms with Gasteiger partial charge in [0, 0.05) is 34.9 Å². The summed E-state index contributed by atoms with van der Waals surface area (Å²) >= 11 is 1.20. The van der Waals surface area contributed by atoms with Crippen LogP contribution < -0.4 is 5.32 Å². The average molecular weight is 347 g/mol. The molecular weight excluding hydrogens is 332 g/mol. The first kappa shape index (κ1) is 16.5. The van der Waals surface area contributed by atoms with Gasteiger partial charge in [0.05, 0.1) is 11.5 Å². The SMILES string of the molecule is COCc1c(C(=O)NCc2ccccc2F)sc2cccc(F)c12. The monoisotopic (exact) mass is 347 g/mol. The number of methoxy groups -OCH3 is 1. The van der Waals surface area contributed by atoms with Crippen LogP contribution in [-0.4, -0.2) is 13.0 Å². The Morgan fingerprint density at radius 3 is 2.62 bits per heavy atom. The number of benzene rings is 2. The van der Waals surface area contributed by atoms with Gasteiger partial charge in [0.1, 0.15) is 11.6 Å². The fourth-order valence-corrected chi connectivity index (χ4v) is 3.67. The number of fused-ring (bicyclic) bond motifs is 1. The summed E-state index contributed by atoms with van der Waals surface area (Å²) < 4.78 is 33.6. The number of nitrogens with one attached hydrogen (secondary N) is 1. The summed E-state index contributed by atoms with van der Waals surface area (Å²) in [6, 6.07) is 11.0. The zero-order chi connectivity index (χ0) is 17.1. The van der Waals surface area contributed by atoms with Crippen LogP contribution >= 0.6 is 11.3 Å². The number of rotatable bonds is 5. The van der Waals surface area contributed by atoms with Gasteiger partial charge >= 0.3 is 0 Å². The molecule has 0 spiro atoms. The van der Waals surface area contributed by atoms with E-state index in [9.17, 15) is 13.6 Å². The van der Waals surface area contributed by atoms with E-state index in [4.69, 9.17) is 4.74 Å². The predicted molar refractivity (Wildman–Crippen MR) is 90.1 cm³/mol. The maximum absolute atomic E-state index is 14.1. The molecule has 1 heterocycles. The molecule has 124 valence electrons. The van der Waals surface area contributed by atoms with Crippen molar-refractivity contribution in [2.24, 2.45) is 0 Å². The quantitative estimate of drug-likeness (QED) is 0.749. The van der Waals surface area contributed by atoms with Crippen LogP contribution in [0.5, 0.6) is 0 Å². The fourth-order valence-electron chi connectivity index (χ4n) is 2.53. The van der Waals surface area contributed by atoms with E-state index in [0.29, 0.717) is 26.1 Å². The standard InChI is InChI=1S/C18H15F2NO2S/c1-23-10-12-16-14(20)7-4-8-15(16)24-17(12)18(22)21-9-11-5-2-3-6-13(11)19/h2-8H,9-10H2,1H3,(H,21,22). The van der Waals surface area contributed by atoms with Crippen molar-refractivity contribution in [2.45, 2.75) is 13.2 Å². The number of carbonyl (C=O) groups excluding carboxylic acids is 1. The summed E-state index contributed by atoms with van der Waals surface area (Å²) in [6.45, 7) is 0.193. The molecule has 0 fully saturated rings. The number of ether oxygens (including phenoxy) is 1. The molecule has 1 aromatic heterocycles. The largest absolute Gasteiger partial charge is 0.380 e. The lowest BCUT2D eigenvalue weighted by Crippen LogP contribution is -2.23. The van der Waals surface area contributed by atoms with Crippen molar-refractivity contribution in [3.63, 3.8) is 0 Å². The maximum atomic E-state index is 14.1. The van der Waals surface area contributed by atoms with Crippen LogP contribution in [0.15, 0.2) is 42.5 Å². The fraction of sp³-hybridized carbons (Fsp3) is 0.167. The number of hydrogen-bond acceptors (Lipinski definition) is 3. The summed E-state index contributed by atoms with van der Waals surface area (Å²) in [5.41, 5.74) is 0.910. The third kappa shape index (κ3) is 3.16. The average Bonchev–Trinajstić information content (AvgIpc) is 2.94. The molecular formula is C18H15F2NO2S. The van der Waals surface area contributed by atoms with E-state index in [1.807, 2.05) is 0 Å². The molecule has 3 rings (SSSR count). The molecule has 0 aliphatic heterocycles. The minimum absolute atomic E-state index is 0.0641. The lowest BCUT2D eigenvalue weighted by Gasteiger charge is -2.07. The highest BCUT2D eigenvalue weighted by atomic mass is 32.1. The highest BCUT2D eigenvalue weighted by Crippen LogP contribution is 2.33. The van der Waals surface area contributed by atoms with Gasteiger partial charge in [-0.15, -0.1) is 11.3 Å². The minimum Gasteiger partial charge on any atom is -0.380 e. The lowest BCUT2D eigenvalue weighted by molar-refractivity contribution is 0.0950. The molecule has 1 N–H and O–H groups in total. The Morgan fingerprint density at radius 1 is 1.12 bits per heavy atom. The van der Waals surface area contributed by atoms with Gasteiger partial charge in [0.2, 0.25) is 0 Å². The molecule has 0 bridgehead atoms. The van der Waals surface area contributed by atoms with Crippen molar-refractivity contribution in [1.82, 2.24) is 5.32 Å². The first-order valence-corrected chi connectivity index (χ1v) is 8.14. The second kappa shape index (κ2) is 7.07. The molecule has 0 radical (unpaired) electrons. The Labute approximate surface area is 141 Å². The van der Waals surface area contributed by atoms with E-state index in [1.54, 1.807) is 30.3 Å². The van der Waals surface area contributed by atoms with Gasteiger partial charge in [-0.05, 0) is 18.2 Å². The highest BCUT2D eigenvalue weighted by molar-refractivity contribution is 7.21. The van der Waals surface area contributed by atoms with E-state index in [0.717, 1.165) is 0 Å². The highest BCUT2D eigenvalue weighted by Gasteiger charge is 2.20. The number of carbonyl (C=O) groups is 1. The first-order valence-electron chi connectivity index (χ1n) is 7.32. The van der Waals surface area contributed by atoms with Crippen molar-refractivity contribution in [1.29, 1.82) is 0 Å². The molecule has 1 amide bonds. The van der Waals surface area contributed by atoms with Crippen LogP contribution in [0.2, 0.25) is 0 Å². The second-order valence-electron chi connectivity index (χ2n) is 5.23. The Hall–Kier alpha value is -2.31. The molecule has 0 unspecified atom stereocenters. The molecule has 0 atom stereocenters. The third-order valence-corrected chi connectivity index (χ3v) is 4.85. The van der Waals surface area contributed by atoms with Crippen LogP contribution in [0.1, 0.15) is 20.8 Å². The van der Waals surface area contributed by atoms with Crippen LogP contribution in [0.4, 0.5) is 8.78 Å². The third-order valence-electron chi connectivity index (χ3n) is 3.66. The summed E-state index contributed by atoms with van der Waals surface area (Å²) in [4.78, 5) is 12.9. The molecule has 0 saturated heterocycles. The number of halogens is 2. The number of amides is 1. The summed E-state index contributed by atoms with van der Waals surface area (Å²) in [5, 5.41) is 3.09. The van der Waals surface area contributed by atoms with Crippen molar-refractivity contribution in [3.8, 4) is 0 Å². The Morgan fingerprint density at radius 2 is 1.88 bits per heavy atom. The van der Waals surface area contributed by atoms with Crippen molar-refractivity contribution in [2.75, 3.05) is 7.11 Å². The van der Waals surface area contributed by atoms with Gasteiger partial charge in [-0.25, -0.2) is 8.78 Å². The first-order chi connectivity index (χ1) is 11.6. The zero-order valence-electron chi connectivity index (χ0n) is 12.9. The number of thiophene rings is 1. The predicted octanol–water partition coefficient (Wildman–Crippen LogP) is 4.26. The van der Waals surface area contributed by atoms with Gasteiger partial charge in [-0.2, -0.15) is 0 Å². The molecule has 6 heteroatoms. The summed E-state index contributed by atoms with van der Waals surface area (Å²) in [7, 11) is 1.49. The smallest absolute Gasteiger partial charge is 0.262 e. The van der Waals surface area contributed by atoms with Crippen LogP contribution in [-0.2, 0) is 17.9 Å². The lowest BCUT2D eigenvalue weighted by atomic mass is 10.1. The molecule has 3 aromatic rings. The molecule has 0 aliphatic carbocycles. The second-order valence-corrected chi connectivity index (χ2v) is 6.28. The normalized spacial score (nSPS) is 11.0. The summed E-state index contributed by atoms with van der Waals surface area (Å²) in [6.07, 6.45) is 0. The van der Waals surface area contributed by atoms with E-state index in [2.05, 4.69) is 5.32 Å². The minimum atomic E-state index is -0.385. The van der Waals surface area contributed by atoms with Crippen LogP contribution in [0.25, 0.3) is 10.1 Å². The molecule has 0 aliphatic rings. The van der Waals surface area contributed by atoms with Gasteiger partial charge < -0.3 is 10.1 Å². The summed E-state index contributed by atoms with van der Waals surface area (Å²) in [5.74, 6) is -1.13. The van der Waals surface area contributed by atoms with E-state index in [-0.39, 0.29) is 30.7 Å². The Balaban J connectivity index is 1.90. The zero-order valence-corrected chi connectivity index (χ0v) is 13.8. The Kier molecular flexibility index (Phi) is 4.87. The number of hydrogen-bond donors (Lipinski definition) is 1. The van der Waals surface area contributed by atoms with E-state index >= 15 is 0 Å².